The molecule has 0 bridgehead atoms. The molecule has 0 spiro atoms. The minimum absolute atomic E-state index is 0.0498. The smallest absolute Gasteiger partial charge is 0.348 e. The van der Waals surface area contributed by atoms with Crippen molar-refractivity contribution in [3.8, 4) is 11.3 Å². The summed E-state index contributed by atoms with van der Waals surface area (Å²) in [7, 11) is 0. The summed E-state index contributed by atoms with van der Waals surface area (Å²) in [6.45, 7) is 1.98. The fourth-order valence-electron chi connectivity index (χ4n) is 3.82. The topological polar surface area (TPSA) is 121 Å². The van der Waals surface area contributed by atoms with E-state index in [1.54, 1.807) is 42.9 Å². The Labute approximate surface area is 218 Å². The molecule has 5 rings (SSSR count). The summed E-state index contributed by atoms with van der Waals surface area (Å²) in [5.41, 5.74) is 1.52. The monoisotopic (exact) mass is 536 g/mol. The quantitative estimate of drug-likeness (QED) is 0.187. The van der Waals surface area contributed by atoms with Crippen LogP contribution in [0.2, 0.25) is 0 Å². The van der Waals surface area contributed by atoms with Crippen LogP contribution in [-0.2, 0) is 6.18 Å². The van der Waals surface area contributed by atoms with Crippen LogP contribution in [0.4, 0.5) is 39.7 Å². The maximum absolute atomic E-state index is 13.9. The zero-order chi connectivity index (χ0) is 27.6. The van der Waals surface area contributed by atoms with E-state index in [4.69, 9.17) is 0 Å². The standard InChI is InChI=1S/C26H20F4N8O/c1-14(15-8-10-31-11-9-15)33-24-32-13-19-22(37-38-23(19)36-24)16-2-5-18(6-3-16)34-25(39)35-21-12-17(26(28,29)30)4-7-20(21)27/h2-14H,1H3,(H2,34,35,39)(H2,32,33,36,37,38). The number of benzene rings is 2. The van der Waals surface area contributed by atoms with Crippen molar-refractivity contribution in [2.75, 3.05) is 16.0 Å². The summed E-state index contributed by atoms with van der Waals surface area (Å²) in [5, 5.41) is 15.7. The Hall–Kier alpha value is -5.07. The van der Waals surface area contributed by atoms with Crippen molar-refractivity contribution in [2.45, 2.75) is 19.1 Å². The van der Waals surface area contributed by atoms with Crippen LogP contribution in [0.1, 0.15) is 24.1 Å². The number of carbonyl (C=O) groups is 1. The van der Waals surface area contributed by atoms with Crippen LogP contribution in [-0.4, -0.2) is 31.2 Å². The molecule has 3 aromatic heterocycles. The van der Waals surface area contributed by atoms with Crippen molar-refractivity contribution in [3.05, 3.63) is 90.1 Å². The number of hydrogen-bond donors (Lipinski definition) is 4. The van der Waals surface area contributed by atoms with Gasteiger partial charge in [0.05, 0.1) is 28.4 Å². The highest BCUT2D eigenvalue weighted by Crippen LogP contribution is 2.32. The molecule has 0 saturated heterocycles. The molecule has 4 N–H and O–H groups in total. The highest BCUT2D eigenvalue weighted by molar-refractivity contribution is 6.00. The first-order chi connectivity index (χ1) is 18.7. The molecule has 2 aromatic carbocycles. The summed E-state index contributed by atoms with van der Waals surface area (Å²) in [5.74, 6) is -0.584. The number of aromatic amines is 1. The molecule has 0 aliphatic rings. The van der Waals surface area contributed by atoms with E-state index in [1.165, 1.54) is 0 Å². The number of alkyl halides is 3. The fraction of sp³-hybridized carbons (Fsp3) is 0.115. The molecule has 0 aliphatic heterocycles. The number of rotatable bonds is 6. The molecule has 9 nitrogen and oxygen atoms in total. The van der Waals surface area contributed by atoms with Gasteiger partial charge in [-0.1, -0.05) is 12.1 Å². The van der Waals surface area contributed by atoms with Gasteiger partial charge < -0.3 is 16.0 Å². The second-order valence-corrected chi connectivity index (χ2v) is 8.52. The highest BCUT2D eigenvalue weighted by Gasteiger charge is 2.31. The molecule has 0 saturated carbocycles. The number of nitrogens with zero attached hydrogens (tertiary/aromatic N) is 4. The number of urea groups is 1. The van der Waals surface area contributed by atoms with E-state index >= 15 is 0 Å². The van der Waals surface area contributed by atoms with Crippen LogP contribution in [0.25, 0.3) is 22.3 Å². The summed E-state index contributed by atoms with van der Waals surface area (Å²) in [6, 6.07) is 11.2. The minimum atomic E-state index is -4.67. The van der Waals surface area contributed by atoms with Gasteiger partial charge >= 0.3 is 12.2 Å². The molecule has 5 aromatic rings. The second kappa shape index (κ2) is 10.4. The first-order valence-corrected chi connectivity index (χ1v) is 11.6. The van der Waals surface area contributed by atoms with Crippen LogP contribution >= 0.6 is 0 Å². The largest absolute Gasteiger partial charge is 0.416 e. The van der Waals surface area contributed by atoms with Crippen molar-refractivity contribution < 1.29 is 22.4 Å². The maximum Gasteiger partial charge on any atom is 0.416 e. The highest BCUT2D eigenvalue weighted by atomic mass is 19.4. The average molecular weight is 536 g/mol. The second-order valence-electron chi connectivity index (χ2n) is 8.52. The number of halogens is 4. The number of fused-ring (bicyclic) bond motifs is 1. The van der Waals surface area contributed by atoms with Gasteiger partial charge in [-0.05, 0) is 55.0 Å². The van der Waals surface area contributed by atoms with E-state index in [-0.39, 0.29) is 6.04 Å². The molecule has 13 heteroatoms. The van der Waals surface area contributed by atoms with E-state index in [0.29, 0.717) is 46.6 Å². The van der Waals surface area contributed by atoms with Gasteiger partial charge in [0.2, 0.25) is 5.95 Å². The molecule has 2 amide bonds. The summed E-state index contributed by atoms with van der Waals surface area (Å²) >= 11 is 0. The van der Waals surface area contributed by atoms with Gasteiger partial charge in [0.15, 0.2) is 5.65 Å². The van der Waals surface area contributed by atoms with E-state index in [0.717, 1.165) is 11.1 Å². The van der Waals surface area contributed by atoms with Crippen LogP contribution in [0.3, 0.4) is 0 Å². The lowest BCUT2D eigenvalue weighted by Gasteiger charge is -2.13. The third-order valence-electron chi connectivity index (χ3n) is 5.84. The SMILES string of the molecule is CC(Nc1ncc2c(-c3ccc(NC(=O)Nc4cc(C(F)(F)F)ccc4F)cc3)[nH]nc2n1)c1ccncc1. The normalized spacial score (nSPS) is 12.2. The van der Waals surface area contributed by atoms with Gasteiger partial charge in [0.1, 0.15) is 5.82 Å². The van der Waals surface area contributed by atoms with Gasteiger partial charge in [0.25, 0.3) is 0 Å². The average Bonchev–Trinajstić information content (AvgIpc) is 3.33. The van der Waals surface area contributed by atoms with E-state index < -0.39 is 29.3 Å². The predicted molar refractivity (Wildman–Crippen MR) is 137 cm³/mol. The lowest BCUT2D eigenvalue weighted by Crippen LogP contribution is -2.20. The number of hydrogen-bond acceptors (Lipinski definition) is 6. The van der Waals surface area contributed by atoms with E-state index in [1.807, 2.05) is 19.1 Å². The Morgan fingerprint density at radius 3 is 2.46 bits per heavy atom. The summed E-state index contributed by atoms with van der Waals surface area (Å²) in [4.78, 5) is 25.1. The lowest BCUT2D eigenvalue weighted by atomic mass is 10.1. The van der Waals surface area contributed by atoms with Crippen molar-refractivity contribution in [2.24, 2.45) is 0 Å². The fourth-order valence-corrected chi connectivity index (χ4v) is 3.82. The zero-order valence-corrected chi connectivity index (χ0v) is 20.2. The zero-order valence-electron chi connectivity index (χ0n) is 20.2. The van der Waals surface area contributed by atoms with Gasteiger partial charge in [0, 0.05) is 29.8 Å². The molecule has 198 valence electrons. The molecule has 39 heavy (non-hydrogen) atoms. The Morgan fingerprint density at radius 1 is 1.00 bits per heavy atom. The molecular weight excluding hydrogens is 516 g/mol. The van der Waals surface area contributed by atoms with Gasteiger partial charge in [-0.2, -0.15) is 23.3 Å². The molecule has 0 fully saturated rings. The number of anilines is 3. The van der Waals surface area contributed by atoms with E-state index in [9.17, 15) is 22.4 Å². The number of pyridine rings is 1. The third kappa shape index (κ3) is 5.76. The molecule has 0 aliphatic carbocycles. The number of amides is 2. The number of nitrogens with one attached hydrogen (secondary N) is 4. The van der Waals surface area contributed by atoms with Crippen LogP contribution in [0.15, 0.2) is 73.2 Å². The van der Waals surface area contributed by atoms with Crippen molar-refractivity contribution >= 4 is 34.4 Å². The van der Waals surface area contributed by atoms with Gasteiger partial charge in [-0.25, -0.2) is 14.2 Å². The molecule has 1 unspecified atom stereocenters. The Morgan fingerprint density at radius 2 is 1.74 bits per heavy atom. The number of carbonyl (C=O) groups excluding carboxylic acids is 1. The Bertz CT molecular complexity index is 1620. The summed E-state index contributed by atoms with van der Waals surface area (Å²) < 4.78 is 52.6. The predicted octanol–water partition coefficient (Wildman–Crippen LogP) is 6.39. The minimum Gasteiger partial charge on any atom is -0.348 e. The van der Waals surface area contributed by atoms with Gasteiger partial charge in [-0.15, -0.1) is 0 Å². The first-order valence-electron chi connectivity index (χ1n) is 11.6. The summed E-state index contributed by atoms with van der Waals surface area (Å²) in [6.07, 6.45) is 0.392. The lowest BCUT2D eigenvalue weighted by molar-refractivity contribution is -0.137. The van der Waals surface area contributed by atoms with Crippen molar-refractivity contribution in [3.63, 3.8) is 0 Å². The Balaban J connectivity index is 1.26. The van der Waals surface area contributed by atoms with E-state index in [2.05, 4.69) is 41.1 Å². The van der Waals surface area contributed by atoms with Crippen LogP contribution < -0.4 is 16.0 Å². The van der Waals surface area contributed by atoms with Crippen LogP contribution in [0.5, 0.6) is 0 Å². The molecule has 1 atom stereocenters. The van der Waals surface area contributed by atoms with Crippen molar-refractivity contribution in [1.82, 2.24) is 25.1 Å². The molecule has 0 radical (unpaired) electrons. The Kier molecular flexibility index (Phi) is 6.79. The first kappa shape index (κ1) is 25.6. The number of H-pyrrole nitrogens is 1. The maximum atomic E-state index is 13.9. The van der Waals surface area contributed by atoms with Crippen molar-refractivity contribution in [1.29, 1.82) is 0 Å². The van der Waals surface area contributed by atoms with Crippen LogP contribution in [0, 0.1) is 5.82 Å². The van der Waals surface area contributed by atoms with Gasteiger partial charge in [-0.3, -0.25) is 10.1 Å². The molecule has 3 heterocycles. The molecular formula is C26H20F4N8O. The third-order valence-corrected chi connectivity index (χ3v) is 5.84. The number of aromatic nitrogens is 5.